The van der Waals surface area contributed by atoms with Gasteiger partial charge in [0.15, 0.2) is 0 Å². The first-order valence-corrected chi connectivity index (χ1v) is 6.85. The molecule has 0 aliphatic rings. The van der Waals surface area contributed by atoms with Crippen molar-refractivity contribution in [2.45, 2.75) is 6.92 Å². The molecule has 2 aromatic carbocycles. The van der Waals surface area contributed by atoms with Gasteiger partial charge < -0.3 is 14.9 Å². The number of carbonyl (C=O) groups is 2. The van der Waals surface area contributed by atoms with E-state index in [9.17, 15) is 9.59 Å². The van der Waals surface area contributed by atoms with Crippen LogP contribution in [-0.2, 0) is 4.79 Å². The molecule has 0 heterocycles. The Labute approximate surface area is 133 Å². The number of allylic oxidation sites excluding steroid dienone is 1. The number of benzene rings is 2. The molecular weight excluding hydrogens is 296 g/mol. The van der Waals surface area contributed by atoms with Gasteiger partial charge in [-0.1, -0.05) is 18.2 Å². The molecular formula is C18H16O5. The van der Waals surface area contributed by atoms with Crippen molar-refractivity contribution in [3.8, 4) is 16.9 Å². The summed E-state index contributed by atoms with van der Waals surface area (Å²) in [5.74, 6) is -1.37. The van der Waals surface area contributed by atoms with Crippen LogP contribution in [0.15, 0.2) is 48.5 Å². The van der Waals surface area contributed by atoms with Gasteiger partial charge in [0.05, 0.1) is 12.7 Å². The lowest BCUT2D eigenvalue weighted by Crippen LogP contribution is -1.96. The Morgan fingerprint density at radius 1 is 1.00 bits per heavy atom. The summed E-state index contributed by atoms with van der Waals surface area (Å²) >= 11 is 0. The van der Waals surface area contributed by atoms with E-state index < -0.39 is 11.9 Å². The number of hydrogen-bond donors (Lipinski definition) is 2. The normalized spacial score (nSPS) is 11.1. The van der Waals surface area contributed by atoms with Crippen molar-refractivity contribution in [3.05, 3.63) is 59.7 Å². The highest BCUT2D eigenvalue weighted by Crippen LogP contribution is 2.33. The first-order chi connectivity index (χ1) is 10.9. The van der Waals surface area contributed by atoms with Gasteiger partial charge in [-0.15, -0.1) is 0 Å². The highest BCUT2D eigenvalue weighted by molar-refractivity contribution is 5.91. The van der Waals surface area contributed by atoms with Crippen LogP contribution < -0.4 is 4.74 Å². The maximum Gasteiger partial charge on any atom is 0.335 e. The summed E-state index contributed by atoms with van der Waals surface area (Å²) in [4.78, 5) is 21.7. The minimum Gasteiger partial charge on any atom is -0.496 e. The largest absolute Gasteiger partial charge is 0.496 e. The molecule has 0 aliphatic carbocycles. The molecule has 0 atom stereocenters. The molecule has 0 amide bonds. The maximum atomic E-state index is 10.9. The lowest BCUT2D eigenvalue weighted by Gasteiger charge is -2.11. The molecule has 0 saturated carbocycles. The summed E-state index contributed by atoms with van der Waals surface area (Å²) < 4.78 is 5.34. The van der Waals surface area contributed by atoms with Crippen molar-refractivity contribution in [1.29, 1.82) is 0 Å². The predicted molar refractivity (Wildman–Crippen MR) is 86.7 cm³/mol. The monoisotopic (exact) mass is 312 g/mol. The zero-order valence-electron chi connectivity index (χ0n) is 12.7. The van der Waals surface area contributed by atoms with E-state index in [4.69, 9.17) is 14.9 Å². The molecule has 2 N–H and O–H groups in total. The molecule has 2 rings (SSSR count). The topological polar surface area (TPSA) is 83.8 Å². The van der Waals surface area contributed by atoms with Crippen molar-refractivity contribution in [1.82, 2.24) is 0 Å². The Bertz CT molecular complexity index is 772. The van der Waals surface area contributed by atoms with Gasteiger partial charge in [-0.25, -0.2) is 9.59 Å². The highest BCUT2D eigenvalue weighted by atomic mass is 16.5. The summed E-state index contributed by atoms with van der Waals surface area (Å²) in [5, 5.41) is 17.8. The Kier molecular flexibility index (Phi) is 4.81. The summed E-state index contributed by atoms with van der Waals surface area (Å²) in [6.45, 7) is 1.72. The van der Waals surface area contributed by atoms with E-state index in [1.54, 1.807) is 38.3 Å². The summed E-state index contributed by atoms with van der Waals surface area (Å²) in [5.41, 5.74) is 3.12. The van der Waals surface area contributed by atoms with Gasteiger partial charge >= 0.3 is 11.9 Å². The first kappa shape index (κ1) is 16.3. The first-order valence-electron chi connectivity index (χ1n) is 6.85. The van der Waals surface area contributed by atoms with E-state index in [0.29, 0.717) is 11.3 Å². The van der Waals surface area contributed by atoms with E-state index in [-0.39, 0.29) is 5.56 Å². The van der Waals surface area contributed by atoms with Gasteiger partial charge in [-0.05, 0) is 47.9 Å². The zero-order chi connectivity index (χ0) is 17.0. The van der Waals surface area contributed by atoms with E-state index in [0.717, 1.165) is 22.8 Å². The molecule has 0 aliphatic heterocycles. The number of ether oxygens (including phenoxy) is 1. The average molecular weight is 312 g/mol. The third kappa shape index (κ3) is 3.77. The number of rotatable bonds is 5. The number of carboxylic acid groups (broad SMARTS) is 2. The molecule has 5 heteroatoms. The fraction of sp³-hybridized carbons (Fsp3) is 0.111. The molecule has 0 aromatic heterocycles. The zero-order valence-corrected chi connectivity index (χ0v) is 12.7. The van der Waals surface area contributed by atoms with Crippen LogP contribution in [-0.4, -0.2) is 29.3 Å². The lowest BCUT2D eigenvalue weighted by atomic mass is 9.98. The Morgan fingerprint density at radius 2 is 1.61 bits per heavy atom. The standard InChI is InChI=1S/C18H16O5/c1-11(9-17(19)20)14-7-8-16(23-2)15(10-14)12-3-5-13(6-4-12)18(21)22/h3-10H,1-2H3,(H,19,20)(H,21,22)/b11-9+. The van der Waals surface area contributed by atoms with Gasteiger partial charge in [-0.2, -0.15) is 0 Å². The number of methoxy groups -OCH3 is 1. The molecule has 0 spiro atoms. The van der Waals surface area contributed by atoms with Crippen LogP contribution in [0.25, 0.3) is 16.7 Å². The van der Waals surface area contributed by atoms with Crippen LogP contribution in [0.1, 0.15) is 22.8 Å². The molecule has 0 bridgehead atoms. The highest BCUT2D eigenvalue weighted by Gasteiger charge is 2.10. The van der Waals surface area contributed by atoms with Gasteiger partial charge in [0.1, 0.15) is 5.75 Å². The summed E-state index contributed by atoms with van der Waals surface area (Å²) in [6.07, 6.45) is 1.14. The third-order valence-electron chi connectivity index (χ3n) is 3.44. The van der Waals surface area contributed by atoms with Crippen LogP contribution >= 0.6 is 0 Å². The van der Waals surface area contributed by atoms with Gasteiger partial charge in [0.25, 0.3) is 0 Å². The molecule has 0 fully saturated rings. The second-order valence-electron chi connectivity index (χ2n) is 4.96. The van der Waals surface area contributed by atoms with Gasteiger partial charge in [0, 0.05) is 11.6 Å². The smallest absolute Gasteiger partial charge is 0.335 e. The Balaban J connectivity index is 2.51. The molecule has 2 aromatic rings. The summed E-state index contributed by atoms with van der Waals surface area (Å²) in [7, 11) is 1.55. The molecule has 0 unspecified atom stereocenters. The van der Waals surface area contributed by atoms with Crippen LogP contribution in [0.5, 0.6) is 5.75 Å². The van der Waals surface area contributed by atoms with Gasteiger partial charge in [-0.3, -0.25) is 0 Å². The minimum absolute atomic E-state index is 0.200. The lowest BCUT2D eigenvalue weighted by molar-refractivity contribution is -0.131. The molecule has 5 nitrogen and oxygen atoms in total. The number of aliphatic carboxylic acids is 1. The average Bonchev–Trinajstić information content (AvgIpc) is 2.53. The van der Waals surface area contributed by atoms with E-state index in [1.807, 2.05) is 6.07 Å². The van der Waals surface area contributed by atoms with Crippen LogP contribution in [0.4, 0.5) is 0 Å². The quantitative estimate of drug-likeness (QED) is 0.825. The molecule has 118 valence electrons. The van der Waals surface area contributed by atoms with E-state index in [1.165, 1.54) is 12.1 Å². The fourth-order valence-electron chi connectivity index (χ4n) is 2.24. The Hall–Kier alpha value is -3.08. The van der Waals surface area contributed by atoms with Gasteiger partial charge in [0.2, 0.25) is 0 Å². The van der Waals surface area contributed by atoms with Crippen LogP contribution in [0.2, 0.25) is 0 Å². The SMILES string of the molecule is COc1ccc(/C(C)=C/C(=O)O)cc1-c1ccc(C(=O)O)cc1. The fourth-order valence-corrected chi connectivity index (χ4v) is 2.24. The van der Waals surface area contributed by atoms with Crippen molar-refractivity contribution >= 4 is 17.5 Å². The predicted octanol–water partition coefficient (Wildman–Crippen LogP) is 3.55. The molecule has 0 radical (unpaired) electrons. The second-order valence-corrected chi connectivity index (χ2v) is 4.96. The van der Waals surface area contributed by atoms with E-state index >= 15 is 0 Å². The summed E-state index contributed by atoms with van der Waals surface area (Å²) in [6, 6.07) is 11.8. The molecule has 23 heavy (non-hydrogen) atoms. The number of carboxylic acids is 2. The third-order valence-corrected chi connectivity index (χ3v) is 3.44. The number of aromatic carboxylic acids is 1. The van der Waals surface area contributed by atoms with Crippen LogP contribution in [0.3, 0.4) is 0 Å². The minimum atomic E-state index is -1.01. The number of hydrogen-bond acceptors (Lipinski definition) is 3. The Morgan fingerprint density at radius 3 is 2.13 bits per heavy atom. The van der Waals surface area contributed by atoms with Crippen molar-refractivity contribution in [2.75, 3.05) is 7.11 Å². The van der Waals surface area contributed by atoms with Crippen molar-refractivity contribution < 1.29 is 24.5 Å². The maximum absolute atomic E-state index is 10.9. The second kappa shape index (κ2) is 6.79. The van der Waals surface area contributed by atoms with E-state index in [2.05, 4.69) is 0 Å². The van der Waals surface area contributed by atoms with Crippen molar-refractivity contribution in [2.24, 2.45) is 0 Å². The molecule has 0 saturated heterocycles. The van der Waals surface area contributed by atoms with Crippen molar-refractivity contribution in [3.63, 3.8) is 0 Å². The van der Waals surface area contributed by atoms with Crippen LogP contribution in [0, 0.1) is 0 Å².